The van der Waals surface area contributed by atoms with E-state index in [9.17, 15) is 13.6 Å². The number of carboxylic acid groups (broad SMARTS) is 1. The van der Waals surface area contributed by atoms with Crippen molar-refractivity contribution in [3.8, 4) is 5.75 Å². The van der Waals surface area contributed by atoms with E-state index in [4.69, 9.17) is 16.6 Å². The fraction of sp³-hybridized carbons (Fsp3) is 0.125. The molecule has 1 aromatic rings. The van der Waals surface area contributed by atoms with Gasteiger partial charge in [0.05, 0.1) is 11.4 Å². The Morgan fingerprint density at radius 3 is 2.13 bits per heavy atom. The number of anilines is 2. The van der Waals surface area contributed by atoms with Crippen molar-refractivity contribution in [2.45, 2.75) is 6.61 Å². The number of aromatic carboxylic acids is 1. The number of nitrogen functional groups attached to an aromatic ring is 2. The Balaban J connectivity index is 3.14. The maximum atomic E-state index is 11.8. The first-order chi connectivity index (χ1) is 6.91. The molecular formula is C8H8F2N2O3. The summed E-state index contributed by atoms with van der Waals surface area (Å²) < 4.78 is 27.7. The van der Waals surface area contributed by atoms with Crippen LogP contribution >= 0.6 is 0 Å². The zero-order valence-corrected chi connectivity index (χ0v) is 7.41. The number of carboxylic acids is 1. The normalized spacial score (nSPS) is 10.3. The molecule has 0 aliphatic rings. The summed E-state index contributed by atoms with van der Waals surface area (Å²) in [6, 6.07) is 1.96. The summed E-state index contributed by atoms with van der Waals surface area (Å²) in [6.07, 6.45) is 0. The van der Waals surface area contributed by atoms with Gasteiger partial charge in [0.1, 0.15) is 11.3 Å². The van der Waals surface area contributed by atoms with Crippen molar-refractivity contribution in [3.05, 3.63) is 17.7 Å². The lowest BCUT2D eigenvalue weighted by molar-refractivity contribution is -0.0497. The lowest BCUT2D eigenvalue weighted by atomic mass is 10.1. The van der Waals surface area contributed by atoms with Crippen molar-refractivity contribution < 1.29 is 23.4 Å². The summed E-state index contributed by atoms with van der Waals surface area (Å²) in [7, 11) is 0. The summed E-state index contributed by atoms with van der Waals surface area (Å²) in [5.74, 6) is -1.60. The number of ether oxygens (including phenoxy) is 1. The van der Waals surface area contributed by atoms with Gasteiger partial charge in [-0.2, -0.15) is 8.78 Å². The van der Waals surface area contributed by atoms with Gasteiger partial charge in [-0.05, 0) is 0 Å². The van der Waals surface area contributed by atoms with E-state index < -0.39 is 12.6 Å². The van der Waals surface area contributed by atoms with Crippen molar-refractivity contribution in [2.75, 3.05) is 11.5 Å². The fourth-order valence-corrected chi connectivity index (χ4v) is 1.08. The maximum absolute atomic E-state index is 11.8. The minimum atomic E-state index is -3.01. The van der Waals surface area contributed by atoms with E-state index in [0.29, 0.717) is 0 Å². The first-order valence-electron chi connectivity index (χ1n) is 3.79. The summed E-state index contributed by atoms with van der Waals surface area (Å²) in [6.45, 7) is -3.01. The highest BCUT2D eigenvalue weighted by Gasteiger charge is 2.15. The maximum Gasteiger partial charge on any atom is 0.387 e. The summed E-state index contributed by atoms with van der Waals surface area (Å²) in [5.41, 5.74) is 9.86. The number of carbonyl (C=O) groups is 1. The van der Waals surface area contributed by atoms with Crippen LogP contribution in [0.15, 0.2) is 12.1 Å². The Labute approximate surface area is 83.2 Å². The molecule has 0 saturated heterocycles. The van der Waals surface area contributed by atoms with Gasteiger partial charge in [0.15, 0.2) is 0 Å². The highest BCUT2D eigenvalue weighted by molar-refractivity contribution is 5.99. The molecule has 0 bridgehead atoms. The largest absolute Gasteiger partial charge is 0.478 e. The number of benzene rings is 1. The molecule has 0 spiro atoms. The average molecular weight is 218 g/mol. The van der Waals surface area contributed by atoms with E-state index in [1.54, 1.807) is 0 Å². The number of halogens is 2. The van der Waals surface area contributed by atoms with E-state index in [0.717, 1.165) is 12.1 Å². The highest BCUT2D eigenvalue weighted by atomic mass is 19.3. The van der Waals surface area contributed by atoms with Gasteiger partial charge in [0.2, 0.25) is 0 Å². The van der Waals surface area contributed by atoms with Gasteiger partial charge in [-0.25, -0.2) is 4.79 Å². The summed E-state index contributed by atoms with van der Waals surface area (Å²) in [4.78, 5) is 10.6. The Morgan fingerprint density at radius 2 is 1.80 bits per heavy atom. The number of rotatable bonds is 3. The van der Waals surface area contributed by atoms with Crippen molar-refractivity contribution >= 4 is 17.3 Å². The van der Waals surface area contributed by atoms with E-state index >= 15 is 0 Å². The zero-order valence-electron chi connectivity index (χ0n) is 7.41. The second-order valence-electron chi connectivity index (χ2n) is 2.66. The van der Waals surface area contributed by atoms with Crippen LogP contribution in [0.3, 0.4) is 0 Å². The molecule has 0 aliphatic heterocycles. The molecule has 0 amide bonds. The number of nitrogens with two attached hydrogens (primary N) is 2. The van der Waals surface area contributed by atoms with Crippen LogP contribution < -0.4 is 16.2 Å². The van der Waals surface area contributed by atoms with Crippen molar-refractivity contribution in [1.29, 1.82) is 0 Å². The fourth-order valence-electron chi connectivity index (χ4n) is 1.08. The Hall–Kier alpha value is -2.05. The van der Waals surface area contributed by atoms with Crippen LogP contribution in [0.1, 0.15) is 10.4 Å². The molecule has 0 unspecified atom stereocenters. The molecule has 5 N–H and O–H groups in total. The monoisotopic (exact) mass is 218 g/mol. The van der Waals surface area contributed by atoms with Gasteiger partial charge in [-0.3, -0.25) is 0 Å². The molecule has 15 heavy (non-hydrogen) atoms. The van der Waals surface area contributed by atoms with Gasteiger partial charge in [0, 0.05) is 12.1 Å². The SMILES string of the molecule is Nc1cc(OC(F)F)cc(N)c1C(=O)O. The second-order valence-corrected chi connectivity index (χ2v) is 2.66. The third kappa shape index (κ3) is 2.46. The number of hydrogen-bond acceptors (Lipinski definition) is 4. The first kappa shape index (κ1) is 11.0. The van der Waals surface area contributed by atoms with Gasteiger partial charge in [-0.1, -0.05) is 0 Å². The summed E-state index contributed by atoms with van der Waals surface area (Å²) in [5, 5.41) is 8.67. The molecule has 5 nitrogen and oxygen atoms in total. The van der Waals surface area contributed by atoms with E-state index in [-0.39, 0.29) is 22.7 Å². The van der Waals surface area contributed by atoms with Crippen LogP contribution in [0.5, 0.6) is 5.75 Å². The Kier molecular flexibility index (Phi) is 2.93. The van der Waals surface area contributed by atoms with Crippen LogP contribution in [0.2, 0.25) is 0 Å². The molecule has 1 aromatic carbocycles. The third-order valence-electron chi connectivity index (χ3n) is 1.61. The second kappa shape index (κ2) is 3.99. The smallest absolute Gasteiger partial charge is 0.387 e. The number of hydrogen-bond donors (Lipinski definition) is 3. The van der Waals surface area contributed by atoms with Crippen LogP contribution in [0, 0.1) is 0 Å². The highest BCUT2D eigenvalue weighted by Crippen LogP contribution is 2.27. The molecule has 0 fully saturated rings. The topological polar surface area (TPSA) is 98.6 Å². The predicted molar refractivity (Wildman–Crippen MR) is 48.9 cm³/mol. The lowest BCUT2D eigenvalue weighted by Crippen LogP contribution is -2.09. The molecule has 0 aromatic heterocycles. The lowest BCUT2D eigenvalue weighted by Gasteiger charge is -2.09. The molecule has 1 rings (SSSR count). The molecule has 82 valence electrons. The molecule has 0 saturated carbocycles. The van der Waals surface area contributed by atoms with Gasteiger partial charge in [-0.15, -0.1) is 0 Å². The minimum absolute atomic E-state index is 0.224. The van der Waals surface area contributed by atoms with Gasteiger partial charge >= 0.3 is 12.6 Å². The molecule has 0 heterocycles. The van der Waals surface area contributed by atoms with Gasteiger partial charge < -0.3 is 21.3 Å². The predicted octanol–water partition coefficient (Wildman–Crippen LogP) is 1.15. The van der Waals surface area contributed by atoms with E-state index in [2.05, 4.69) is 4.74 Å². The van der Waals surface area contributed by atoms with E-state index in [1.165, 1.54) is 0 Å². The molecule has 0 radical (unpaired) electrons. The molecular weight excluding hydrogens is 210 g/mol. The van der Waals surface area contributed by atoms with E-state index in [1.807, 2.05) is 0 Å². The van der Waals surface area contributed by atoms with Crippen molar-refractivity contribution in [3.63, 3.8) is 0 Å². The minimum Gasteiger partial charge on any atom is -0.478 e. The van der Waals surface area contributed by atoms with Gasteiger partial charge in [0.25, 0.3) is 0 Å². The third-order valence-corrected chi connectivity index (χ3v) is 1.61. The van der Waals surface area contributed by atoms with Crippen LogP contribution in [0.25, 0.3) is 0 Å². The summed E-state index contributed by atoms with van der Waals surface area (Å²) >= 11 is 0. The first-order valence-corrected chi connectivity index (χ1v) is 3.79. The average Bonchev–Trinajstić information content (AvgIpc) is 1.99. The van der Waals surface area contributed by atoms with Crippen molar-refractivity contribution in [1.82, 2.24) is 0 Å². The van der Waals surface area contributed by atoms with Crippen LogP contribution in [-0.4, -0.2) is 17.7 Å². The quantitative estimate of drug-likeness (QED) is 0.661. The van der Waals surface area contributed by atoms with Crippen LogP contribution in [0.4, 0.5) is 20.2 Å². The molecule has 0 atom stereocenters. The van der Waals surface area contributed by atoms with Crippen LogP contribution in [-0.2, 0) is 0 Å². The standard InChI is InChI=1S/C8H8F2N2O3/c9-8(10)15-3-1-4(11)6(7(13)14)5(12)2-3/h1-2,8H,11-12H2,(H,13,14). The van der Waals surface area contributed by atoms with Crippen molar-refractivity contribution in [2.24, 2.45) is 0 Å². The Bertz CT molecular complexity index is 372. The zero-order chi connectivity index (χ0) is 11.6. The molecule has 7 heteroatoms. The molecule has 0 aliphatic carbocycles. The number of alkyl halides is 2. The Morgan fingerprint density at radius 1 is 1.33 bits per heavy atom.